The van der Waals surface area contributed by atoms with E-state index in [4.69, 9.17) is 21.7 Å². The van der Waals surface area contributed by atoms with Crippen LogP contribution in [0, 0.1) is 13.8 Å². The van der Waals surface area contributed by atoms with Crippen LogP contribution in [0.15, 0.2) is 64.2 Å². The van der Waals surface area contributed by atoms with Gasteiger partial charge in [0.1, 0.15) is 6.61 Å². The standard InChI is InChI=1S/C25H21BrN2O3S2/c1-15-4-5-20(16(2)10-15)28-24(29)22(33-25(28)32)13-18-11-19(26)23(21(12-18)30-3)31-14-17-6-8-27-9-7-17/h4-13H,14H2,1-3H3/b22-13+. The molecule has 2 aromatic carbocycles. The number of hydrogen-bond donors (Lipinski definition) is 0. The minimum absolute atomic E-state index is 0.134. The first-order valence-electron chi connectivity index (χ1n) is 10.1. The Morgan fingerprint density at radius 2 is 1.91 bits per heavy atom. The quantitative estimate of drug-likeness (QED) is 0.264. The molecule has 0 aliphatic carbocycles. The number of amides is 1. The fraction of sp³-hybridized carbons (Fsp3) is 0.160. The Morgan fingerprint density at radius 3 is 2.61 bits per heavy atom. The van der Waals surface area contributed by atoms with Crippen molar-refractivity contribution in [2.24, 2.45) is 0 Å². The van der Waals surface area contributed by atoms with Crippen molar-refractivity contribution in [1.82, 2.24) is 4.98 Å². The third-order valence-corrected chi connectivity index (χ3v) is 6.96. The van der Waals surface area contributed by atoms with Gasteiger partial charge in [-0.15, -0.1) is 0 Å². The van der Waals surface area contributed by atoms with Gasteiger partial charge in [0.25, 0.3) is 5.91 Å². The zero-order chi connectivity index (χ0) is 23.5. The molecule has 1 amide bonds. The van der Waals surface area contributed by atoms with Crippen molar-refractivity contribution >= 4 is 61.9 Å². The number of carbonyl (C=O) groups excluding carboxylic acids is 1. The van der Waals surface area contributed by atoms with Gasteiger partial charge in [-0.1, -0.05) is 41.7 Å². The molecule has 4 rings (SSSR count). The van der Waals surface area contributed by atoms with Crippen LogP contribution in [0.2, 0.25) is 0 Å². The van der Waals surface area contributed by atoms with Crippen molar-refractivity contribution < 1.29 is 14.3 Å². The average molecular weight is 541 g/mol. The van der Waals surface area contributed by atoms with E-state index >= 15 is 0 Å². The molecule has 168 valence electrons. The molecule has 2 heterocycles. The summed E-state index contributed by atoms with van der Waals surface area (Å²) in [6, 6.07) is 13.5. The molecular weight excluding hydrogens is 520 g/mol. The first-order valence-corrected chi connectivity index (χ1v) is 12.1. The van der Waals surface area contributed by atoms with Gasteiger partial charge >= 0.3 is 0 Å². The van der Waals surface area contributed by atoms with E-state index in [1.165, 1.54) is 11.8 Å². The topological polar surface area (TPSA) is 51.7 Å². The van der Waals surface area contributed by atoms with Gasteiger partial charge in [-0.05, 0) is 82.9 Å². The van der Waals surface area contributed by atoms with Crippen LogP contribution >= 0.6 is 39.9 Å². The molecule has 3 aromatic rings. The van der Waals surface area contributed by atoms with Gasteiger partial charge in [0.05, 0.1) is 22.2 Å². The summed E-state index contributed by atoms with van der Waals surface area (Å²) in [5.74, 6) is 1.02. The van der Waals surface area contributed by atoms with Crippen LogP contribution in [0.4, 0.5) is 5.69 Å². The highest BCUT2D eigenvalue weighted by molar-refractivity contribution is 9.10. The molecule has 0 saturated carbocycles. The Morgan fingerprint density at radius 1 is 1.15 bits per heavy atom. The van der Waals surface area contributed by atoms with Gasteiger partial charge in [-0.25, -0.2) is 0 Å². The summed E-state index contributed by atoms with van der Waals surface area (Å²) in [7, 11) is 1.59. The number of nitrogens with zero attached hydrogens (tertiary/aromatic N) is 2. The lowest BCUT2D eigenvalue weighted by Crippen LogP contribution is -2.28. The number of carbonyl (C=O) groups is 1. The molecule has 1 aliphatic rings. The summed E-state index contributed by atoms with van der Waals surface area (Å²) in [4.78, 5) is 19.4. The lowest BCUT2D eigenvalue weighted by Gasteiger charge is -2.17. The van der Waals surface area contributed by atoms with E-state index in [-0.39, 0.29) is 5.91 Å². The van der Waals surface area contributed by atoms with Gasteiger partial charge < -0.3 is 9.47 Å². The molecule has 0 bridgehead atoms. The SMILES string of the molecule is COc1cc(/C=C2/SC(=S)N(c3ccc(C)cc3C)C2=O)cc(Br)c1OCc1ccncc1. The van der Waals surface area contributed by atoms with Crippen molar-refractivity contribution in [2.45, 2.75) is 20.5 Å². The number of pyridine rings is 1. The number of aryl methyl sites for hydroxylation is 2. The fourth-order valence-corrected chi connectivity index (χ4v) is 5.34. The Bertz CT molecular complexity index is 1260. The van der Waals surface area contributed by atoms with Crippen LogP contribution in [0.5, 0.6) is 11.5 Å². The number of thioether (sulfide) groups is 1. The molecule has 1 saturated heterocycles. The van der Waals surface area contributed by atoms with E-state index in [1.807, 2.05) is 62.4 Å². The molecule has 33 heavy (non-hydrogen) atoms. The van der Waals surface area contributed by atoms with Crippen molar-refractivity contribution in [3.8, 4) is 11.5 Å². The molecule has 0 atom stereocenters. The number of hydrogen-bond acceptors (Lipinski definition) is 6. The van der Waals surface area contributed by atoms with Crippen molar-refractivity contribution in [1.29, 1.82) is 0 Å². The third-order valence-electron chi connectivity index (χ3n) is 5.07. The number of anilines is 1. The smallest absolute Gasteiger partial charge is 0.270 e. The van der Waals surface area contributed by atoms with E-state index in [0.717, 1.165) is 32.4 Å². The molecule has 0 N–H and O–H groups in total. The summed E-state index contributed by atoms with van der Waals surface area (Å²) < 4.78 is 12.8. The van der Waals surface area contributed by atoms with Crippen LogP contribution in [-0.2, 0) is 11.4 Å². The van der Waals surface area contributed by atoms with Crippen LogP contribution in [-0.4, -0.2) is 22.3 Å². The number of methoxy groups -OCH3 is 1. The zero-order valence-corrected chi connectivity index (χ0v) is 21.5. The van der Waals surface area contributed by atoms with Gasteiger partial charge in [0, 0.05) is 12.4 Å². The Hall–Kier alpha value is -2.68. The monoisotopic (exact) mass is 540 g/mol. The third kappa shape index (κ3) is 5.13. The first kappa shape index (κ1) is 23.5. The van der Waals surface area contributed by atoms with Gasteiger partial charge in [-0.2, -0.15) is 0 Å². The summed E-state index contributed by atoms with van der Waals surface area (Å²) in [5, 5.41) is 0. The van der Waals surface area contributed by atoms with E-state index in [2.05, 4.69) is 20.9 Å². The van der Waals surface area contributed by atoms with E-state index in [1.54, 1.807) is 24.4 Å². The molecule has 1 fully saturated rings. The van der Waals surface area contributed by atoms with E-state index < -0.39 is 0 Å². The summed E-state index contributed by atoms with van der Waals surface area (Å²) in [5.41, 5.74) is 4.76. The Kier molecular flexibility index (Phi) is 7.17. The first-order chi connectivity index (χ1) is 15.9. The van der Waals surface area contributed by atoms with E-state index in [9.17, 15) is 4.79 Å². The Labute approximate surface area is 210 Å². The lowest BCUT2D eigenvalue weighted by molar-refractivity contribution is -0.113. The van der Waals surface area contributed by atoms with Gasteiger partial charge in [0.2, 0.25) is 0 Å². The molecular formula is C25H21BrN2O3S2. The minimum atomic E-state index is -0.134. The number of halogens is 1. The fourth-order valence-electron chi connectivity index (χ4n) is 3.48. The maximum Gasteiger partial charge on any atom is 0.270 e. The number of ether oxygens (including phenoxy) is 2. The summed E-state index contributed by atoms with van der Waals surface area (Å²) in [6.45, 7) is 4.39. The molecule has 0 unspecified atom stereocenters. The second-order valence-electron chi connectivity index (χ2n) is 7.49. The predicted octanol–water partition coefficient (Wildman–Crippen LogP) is 6.45. The largest absolute Gasteiger partial charge is 0.493 e. The average Bonchev–Trinajstić information content (AvgIpc) is 3.06. The second-order valence-corrected chi connectivity index (χ2v) is 10.0. The highest BCUT2D eigenvalue weighted by Crippen LogP contribution is 2.41. The van der Waals surface area contributed by atoms with Crippen molar-refractivity contribution in [3.05, 3.63) is 86.5 Å². The van der Waals surface area contributed by atoms with Gasteiger partial charge in [0.15, 0.2) is 15.8 Å². The maximum atomic E-state index is 13.2. The molecule has 0 spiro atoms. The van der Waals surface area contributed by atoms with Crippen LogP contribution in [0.1, 0.15) is 22.3 Å². The van der Waals surface area contributed by atoms with Crippen molar-refractivity contribution in [2.75, 3.05) is 12.0 Å². The molecule has 5 nitrogen and oxygen atoms in total. The highest BCUT2D eigenvalue weighted by atomic mass is 79.9. The van der Waals surface area contributed by atoms with Crippen molar-refractivity contribution in [3.63, 3.8) is 0 Å². The molecule has 8 heteroatoms. The molecule has 1 aromatic heterocycles. The number of thiocarbonyl (C=S) groups is 1. The van der Waals surface area contributed by atoms with E-state index in [0.29, 0.717) is 27.3 Å². The molecule has 1 aliphatic heterocycles. The summed E-state index contributed by atoms with van der Waals surface area (Å²) in [6.07, 6.45) is 5.27. The number of aromatic nitrogens is 1. The zero-order valence-electron chi connectivity index (χ0n) is 18.3. The predicted molar refractivity (Wildman–Crippen MR) is 141 cm³/mol. The van der Waals surface area contributed by atoms with Crippen LogP contribution in [0.25, 0.3) is 6.08 Å². The van der Waals surface area contributed by atoms with Gasteiger partial charge in [-0.3, -0.25) is 14.7 Å². The maximum absolute atomic E-state index is 13.2. The molecule has 0 radical (unpaired) electrons. The Balaban J connectivity index is 1.60. The number of benzene rings is 2. The normalized spacial score (nSPS) is 14.8. The highest BCUT2D eigenvalue weighted by Gasteiger charge is 2.34. The lowest BCUT2D eigenvalue weighted by atomic mass is 10.1. The van der Waals surface area contributed by atoms with Crippen LogP contribution in [0.3, 0.4) is 0 Å². The number of rotatable bonds is 6. The minimum Gasteiger partial charge on any atom is -0.493 e. The second kappa shape index (κ2) is 10.1. The summed E-state index contributed by atoms with van der Waals surface area (Å²) >= 11 is 10.4. The van der Waals surface area contributed by atoms with Crippen LogP contribution < -0.4 is 14.4 Å².